The Hall–Kier alpha value is -0.870. The Bertz CT molecular complexity index is 481. The topological polar surface area (TPSA) is 35.5 Å². The molecule has 0 N–H and O–H groups in total. The molecule has 0 radical (unpaired) electrons. The molecule has 0 saturated heterocycles. The highest BCUT2D eigenvalue weighted by atomic mass is 79.9. The standard InChI is InChI=1S/C16H23BrO3/c1-15(2,3)19-10-12-9-11(7-8-13(12)17)14(18)20-16(4,5)6/h7-9H,10H2,1-6H3. The maximum Gasteiger partial charge on any atom is 0.338 e. The van der Waals surface area contributed by atoms with Crippen molar-refractivity contribution in [3.8, 4) is 0 Å². The average molecular weight is 343 g/mol. The second kappa shape index (κ2) is 6.27. The van der Waals surface area contributed by atoms with E-state index in [1.165, 1.54) is 0 Å². The van der Waals surface area contributed by atoms with E-state index in [2.05, 4.69) is 15.9 Å². The summed E-state index contributed by atoms with van der Waals surface area (Å²) in [5.41, 5.74) is 0.757. The van der Waals surface area contributed by atoms with Gasteiger partial charge in [0.05, 0.1) is 17.8 Å². The van der Waals surface area contributed by atoms with Gasteiger partial charge >= 0.3 is 5.97 Å². The van der Waals surface area contributed by atoms with E-state index in [-0.39, 0.29) is 11.6 Å². The average Bonchev–Trinajstić information content (AvgIpc) is 2.24. The van der Waals surface area contributed by atoms with Crippen molar-refractivity contribution in [3.63, 3.8) is 0 Å². The second-order valence-electron chi connectivity index (χ2n) is 6.71. The van der Waals surface area contributed by atoms with Crippen molar-refractivity contribution < 1.29 is 14.3 Å². The van der Waals surface area contributed by atoms with Crippen molar-refractivity contribution in [1.29, 1.82) is 0 Å². The Balaban J connectivity index is 2.88. The highest BCUT2D eigenvalue weighted by molar-refractivity contribution is 9.10. The van der Waals surface area contributed by atoms with Crippen LogP contribution in [-0.4, -0.2) is 17.2 Å². The van der Waals surface area contributed by atoms with Crippen LogP contribution in [0.1, 0.15) is 57.5 Å². The van der Waals surface area contributed by atoms with Crippen LogP contribution >= 0.6 is 15.9 Å². The molecule has 1 aromatic carbocycles. The van der Waals surface area contributed by atoms with Crippen molar-refractivity contribution in [2.24, 2.45) is 0 Å². The van der Waals surface area contributed by atoms with Crippen molar-refractivity contribution in [2.75, 3.05) is 0 Å². The van der Waals surface area contributed by atoms with Gasteiger partial charge in [-0.05, 0) is 65.3 Å². The number of carbonyl (C=O) groups excluding carboxylic acids is 1. The van der Waals surface area contributed by atoms with Gasteiger partial charge in [0.15, 0.2) is 0 Å². The third kappa shape index (κ3) is 6.06. The highest BCUT2D eigenvalue weighted by Crippen LogP contribution is 2.23. The summed E-state index contributed by atoms with van der Waals surface area (Å²) in [7, 11) is 0. The van der Waals surface area contributed by atoms with Crippen LogP contribution < -0.4 is 0 Å². The van der Waals surface area contributed by atoms with E-state index >= 15 is 0 Å². The summed E-state index contributed by atoms with van der Waals surface area (Å²) in [4.78, 5) is 12.0. The Labute approximate surface area is 129 Å². The fraction of sp³-hybridized carbons (Fsp3) is 0.562. The molecule has 0 bridgehead atoms. The molecule has 20 heavy (non-hydrogen) atoms. The minimum atomic E-state index is -0.494. The van der Waals surface area contributed by atoms with Crippen LogP contribution in [-0.2, 0) is 16.1 Å². The van der Waals surface area contributed by atoms with Crippen LogP contribution in [0.5, 0.6) is 0 Å². The van der Waals surface area contributed by atoms with E-state index in [0.717, 1.165) is 10.0 Å². The van der Waals surface area contributed by atoms with Gasteiger partial charge in [-0.25, -0.2) is 4.79 Å². The van der Waals surface area contributed by atoms with E-state index in [4.69, 9.17) is 9.47 Å². The van der Waals surface area contributed by atoms with Crippen molar-refractivity contribution in [1.82, 2.24) is 0 Å². The highest BCUT2D eigenvalue weighted by Gasteiger charge is 2.19. The number of rotatable bonds is 3. The van der Waals surface area contributed by atoms with Gasteiger partial charge in [0.2, 0.25) is 0 Å². The molecule has 0 unspecified atom stereocenters. The van der Waals surface area contributed by atoms with Crippen molar-refractivity contribution in [3.05, 3.63) is 33.8 Å². The predicted octanol–water partition coefficient (Wildman–Crippen LogP) is 4.72. The van der Waals surface area contributed by atoms with E-state index in [9.17, 15) is 4.79 Å². The number of carbonyl (C=O) groups is 1. The van der Waals surface area contributed by atoms with Crippen molar-refractivity contribution >= 4 is 21.9 Å². The van der Waals surface area contributed by atoms with E-state index in [1.807, 2.05) is 53.7 Å². The maximum atomic E-state index is 12.0. The Morgan fingerprint density at radius 2 is 1.70 bits per heavy atom. The number of hydrogen-bond acceptors (Lipinski definition) is 3. The van der Waals surface area contributed by atoms with Crippen LogP contribution in [0.15, 0.2) is 22.7 Å². The smallest absolute Gasteiger partial charge is 0.338 e. The zero-order chi connectivity index (χ0) is 15.6. The quantitative estimate of drug-likeness (QED) is 0.745. The molecule has 0 saturated carbocycles. The van der Waals surface area contributed by atoms with Gasteiger partial charge in [0.25, 0.3) is 0 Å². The Morgan fingerprint density at radius 3 is 2.20 bits per heavy atom. The summed E-state index contributed by atoms with van der Waals surface area (Å²) < 4.78 is 12.0. The number of hydrogen-bond donors (Lipinski definition) is 0. The molecular weight excluding hydrogens is 320 g/mol. The molecule has 112 valence electrons. The number of benzene rings is 1. The molecule has 0 amide bonds. The van der Waals surface area contributed by atoms with Crippen LogP contribution in [0.25, 0.3) is 0 Å². The van der Waals surface area contributed by atoms with Gasteiger partial charge in [-0.1, -0.05) is 15.9 Å². The lowest BCUT2D eigenvalue weighted by Crippen LogP contribution is -2.24. The van der Waals surface area contributed by atoms with Gasteiger partial charge < -0.3 is 9.47 Å². The molecule has 3 nitrogen and oxygen atoms in total. The second-order valence-corrected chi connectivity index (χ2v) is 7.56. The summed E-state index contributed by atoms with van der Waals surface area (Å²) in [6.45, 7) is 12.0. The lowest BCUT2D eigenvalue weighted by molar-refractivity contribution is -0.0152. The first-order valence-electron chi connectivity index (χ1n) is 6.64. The summed E-state index contributed by atoms with van der Waals surface area (Å²) in [6, 6.07) is 5.41. The van der Waals surface area contributed by atoms with Gasteiger partial charge in [-0.2, -0.15) is 0 Å². The Morgan fingerprint density at radius 1 is 1.10 bits per heavy atom. The van der Waals surface area contributed by atoms with Gasteiger partial charge in [0.1, 0.15) is 5.60 Å². The third-order valence-corrected chi connectivity index (χ3v) is 3.11. The van der Waals surface area contributed by atoms with Crippen LogP contribution in [0, 0.1) is 0 Å². The fourth-order valence-electron chi connectivity index (χ4n) is 1.44. The fourth-order valence-corrected chi connectivity index (χ4v) is 1.80. The molecule has 1 rings (SSSR count). The van der Waals surface area contributed by atoms with Crippen LogP contribution in [0.2, 0.25) is 0 Å². The predicted molar refractivity (Wildman–Crippen MR) is 83.9 cm³/mol. The van der Waals surface area contributed by atoms with Crippen molar-refractivity contribution in [2.45, 2.75) is 59.4 Å². The number of halogens is 1. The van der Waals surface area contributed by atoms with E-state index in [0.29, 0.717) is 12.2 Å². The third-order valence-electron chi connectivity index (χ3n) is 2.34. The van der Waals surface area contributed by atoms with Crippen LogP contribution in [0.4, 0.5) is 0 Å². The molecule has 0 aromatic heterocycles. The molecule has 0 aliphatic heterocycles. The zero-order valence-electron chi connectivity index (χ0n) is 13.0. The number of ether oxygens (including phenoxy) is 2. The largest absolute Gasteiger partial charge is 0.456 e. The minimum Gasteiger partial charge on any atom is -0.456 e. The SMILES string of the molecule is CC(C)(C)OCc1cc(C(=O)OC(C)(C)C)ccc1Br. The molecule has 0 atom stereocenters. The zero-order valence-corrected chi connectivity index (χ0v) is 14.6. The number of esters is 1. The van der Waals surface area contributed by atoms with Gasteiger partial charge in [-0.3, -0.25) is 0 Å². The molecule has 0 heterocycles. The molecule has 0 aliphatic rings. The minimum absolute atomic E-state index is 0.221. The van der Waals surface area contributed by atoms with Gasteiger partial charge in [0, 0.05) is 4.47 Å². The molecule has 4 heteroatoms. The maximum absolute atomic E-state index is 12.0. The van der Waals surface area contributed by atoms with Gasteiger partial charge in [-0.15, -0.1) is 0 Å². The molecule has 0 aliphatic carbocycles. The summed E-state index contributed by atoms with van der Waals surface area (Å²) >= 11 is 3.48. The first kappa shape index (κ1) is 17.2. The molecule has 0 fully saturated rings. The first-order valence-corrected chi connectivity index (χ1v) is 7.43. The summed E-state index contributed by atoms with van der Waals surface area (Å²) in [6.07, 6.45) is 0. The molecule has 0 spiro atoms. The normalized spacial score (nSPS) is 12.3. The lowest BCUT2D eigenvalue weighted by Gasteiger charge is -2.21. The lowest BCUT2D eigenvalue weighted by atomic mass is 10.1. The summed E-state index contributed by atoms with van der Waals surface area (Å²) in [5, 5.41) is 0. The Kier molecular flexibility index (Phi) is 5.39. The molecular formula is C16H23BrO3. The summed E-state index contributed by atoms with van der Waals surface area (Å²) in [5.74, 6) is -0.318. The van der Waals surface area contributed by atoms with E-state index in [1.54, 1.807) is 6.07 Å². The van der Waals surface area contributed by atoms with E-state index < -0.39 is 5.60 Å². The molecule has 1 aromatic rings. The van der Waals surface area contributed by atoms with Crippen LogP contribution in [0.3, 0.4) is 0 Å². The first-order chi connectivity index (χ1) is 8.98. The monoisotopic (exact) mass is 342 g/mol.